The third-order valence-corrected chi connectivity index (χ3v) is 3.34. The maximum Gasteiger partial charge on any atom is 0.161 e. The lowest BCUT2D eigenvalue weighted by atomic mass is 10.1. The first-order valence-corrected chi connectivity index (χ1v) is 6.87. The molecule has 0 unspecified atom stereocenters. The van der Waals surface area contributed by atoms with Crippen LogP contribution in [0, 0.1) is 0 Å². The second-order valence-electron chi connectivity index (χ2n) is 4.80. The Balaban J connectivity index is 2.80. The minimum Gasteiger partial charge on any atom is -0.374 e. The Labute approximate surface area is 118 Å². The molecule has 0 atom stereocenters. The van der Waals surface area contributed by atoms with Gasteiger partial charge in [-0.25, -0.2) is 0 Å². The summed E-state index contributed by atoms with van der Waals surface area (Å²) >= 11 is 3.46. The van der Waals surface area contributed by atoms with Crippen molar-refractivity contribution in [3.63, 3.8) is 0 Å². The van der Waals surface area contributed by atoms with E-state index in [1.165, 1.54) is 0 Å². The van der Waals surface area contributed by atoms with E-state index in [-0.39, 0.29) is 5.78 Å². The van der Waals surface area contributed by atoms with Gasteiger partial charge in [-0.3, -0.25) is 4.79 Å². The number of benzene rings is 1. The van der Waals surface area contributed by atoms with E-state index in [0.717, 1.165) is 35.2 Å². The number of hydrogen-bond acceptors (Lipinski definition) is 3. The highest BCUT2D eigenvalue weighted by Gasteiger charge is 2.11. The molecular weight excluding hydrogens is 292 g/mol. The normalized spacial score (nSPS) is 10.8. The molecule has 0 heterocycles. The number of nitrogens with zero attached hydrogens (tertiary/aromatic N) is 2. The molecule has 100 valence electrons. The number of anilines is 1. The van der Waals surface area contributed by atoms with Crippen LogP contribution in [0.1, 0.15) is 23.7 Å². The lowest BCUT2D eigenvalue weighted by Crippen LogP contribution is -2.24. The fourth-order valence-corrected chi connectivity index (χ4v) is 2.21. The third kappa shape index (κ3) is 4.42. The number of rotatable bonds is 6. The molecule has 0 aliphatic carbocycles. The molecular formula is C14H21BrN2O. The van der Waals surface area contributed by atoms with Crippen molar-refractivity contribution in [3.05, 3.63) is 28.2 Å². The topological polar surface area (TPSA) is 23.6 Å². The van der Waals surface area contributed by atoms with E-state index < -0.39 is 0 Å². The second kappa shape index (κ2) is 6.90. The van der Waals surface area contributed by atoms with Crippen molar-refractivity contribution in [2.45, 2.75) is 13.3 Å². The Morgan fingerprint density at radius 3 is 2.44 bits per heavy atom. The number of Topliss-reactive ketones (excluding diaryl/α,β-unsaturated/α-hetero) is 1. The molecule has 3 nitrogen and oxygen atoms in total. The van der Waals surface area contributed by atoms with E-state index in [1.807, 2.05) is 25.2 Å². The van der Waals surface area contributed by atoms with Crippen molar-refractivity contribution in [1.82, 2.24) is 4.90 Å². The first-order valence-electron chi connectivity index (χ1n) is 6.08. The second-order valence-corrected chi connectivity index (χ2v) is 5.71. The Bertz CT molecular complexity index is 418. The predicted molar refractivity (Wildman–Crippen MR) is 80.6 cm³/mol. The Hall–Kier alpha value is -0.870. The van der Waals surface area contributed by atoms with Gasteiger partial charge in [-0.15, -0.1) is 0 Å². The van der Waals surface area contributed by atoms with Crippen LogP contribution in [0.3, 0.4) is 0 Å². The molecule has 0 spiro atoms. The van der Waals surface area contributed by atoms with Gasteiger partial charge >= 0.3 is 0 Å². The standard InChI is InChI=1S/C14H21BrN2O/c1-11(18)13-7-6-12(15)10-14(13)17(4)9-5-8-16(2)3/h6-7,10H,5,8-9H2,1-4H3. The first kappa shape index (κ1) is 15.2. The lowest BCUT2D eigenvalue weighted by Gasteiger charge is -2.23. The summed E-state index contributed by atoms with van der Waals surface area (Å²) in [5, 5.41) is 0. The van der Waals surface area contributed by atoms with Gasteiger partial charge in [-0.2, -0.15) is 0 Å². The quantitative estimate of drug-likeness (QED) is 0.754. The van der Waals surface area contributed by atoms with Crippen LogP contribution in [0.25, 0.3) is 0 Å². The molecule has 0 fully saturated rings. The van der Waals surface area contributed by atoms with Crippen molar-refractivity contribution < 1.29 is 4.79 Å². The highest BCUT2D eigenvalue weighted by atomic mass is 79.9. The van der Waals surface area contributed by atoms with E-state index in [2.05, 4.69) is 39.8 Å². The van der Waals surface area contributed by atoms with E-state index in [4.69, 9.17) is 0 Å². The zero-order chi connectivity index (χ0) is 13.7. The van der Waals surface area contributed by atoms with E-state index in [0.29, 0.717) is 0 Å². The largest absolute Gasteiger partial charge is 0.374 e. The summed E-state index contributed by atoms with van der Waals surface area (Å²) in [7, 11) is 6.17. The van der Waals surface area contributed by atoms with Crippen molar-refractivity contribution in [1.29, 1.82) is 0 Å². The molecule has 0 aliphatic heterocycles. The van der Waals surface area contributed by atoms with Crippen LogP contribution in [0.15, 0.2) is 22.7 Å². The molecule has 0 aliphatic rings. The Morgan fingerprint density at radius 2 is 1.89 bits per heavy atom. The van der Waals surface area contributed by atoms with Crippen molar-refractivity contribution in [3.8, 4) is 0 Å². The summed E-state index contributed by atoms with van der Waals surface area (Å²) in [6, 6.07) is 5.80. The molecule has 0 bridgehead atoms. The SMILES string of the molecule is CC(=O)c1ccc(Br)cc1N(C)CCCN(C)C. The summed E-state index contributed by atoms with van der Waals surface area (Å²) < 4.78 is 1.00. The number of hydrogen-bond donors (Lipinski definition) is 0. The average Bonchev–Trinajstić information content (AvgIpc) is 2.27. The number of ketones is 1. The van der Waals surface area contributed by atoms with Crippen LogP contribution in [0.4, 0.5) is 5.69 Å². The Kier molecular flexibility index (Phi) is 5.82. The van der Waals surface area contributed by atoms with Gasteiger partial charge in [-0.05, 0) is 52.2 Å². The van der Waals surface area contributed by atoms with Crippen molar-refractivity contribution in [2.75, 3.05) is 39.1 Å². The molecule has 1 aromatic carbocycles. The van der Waals surface area contributed by atoms with Gasteiger partial charge in [0.1, 0.15) is 0 Å². The maximum absolute atomic E-state index is 11.6. The smallest absolute Gasteiger partial charge is 0.161 e. The van der Waals surface area contributed by atoms with Gasteiger partial charge < -0.3 is 9.80 Å². The fourth-order valence-electron chi connectivity index (χ4n) is 1.86. The number of carbonyl (C=O) groups excluding carboxylic acids is 1. The summed E-state index contributed by atoms with van der Waals surface area (Å²) in [5.41, 5.74) is 1.78. The van der Waals surface area contributed by atoms with Crippen molar-refractivity contribution >= 4 is 27.4 Å². The average molecular weight is 313 g/mol. The monoisotopic (exact) mass is 312 g/mol. The van der Waals surface area contributed by atoms with Crippen molar-refractivity contribution in [2.24, 2.45) is 0 Å². The van der Waals surface area contributed by atoms with E-state index in [1.54, 1.807) is 6.92 Å². The summed E-state index contributed by atoms with van der Waals surface area (Å²) in [6.45, 7) is 3.60. The van der Waals surface area contributed by atoms with Crippen LogP contribution >= 0.6 is 15.9 Å². The number of halogens is 1. The minimum absolute atomic E-state index is 0.108. The molecule has 0 radical (unpaired) electrons. The highest BCUT2D eigenvalue weighted by Crippen LogP contribution is 2.25. The van der Waals surface area contributed by atoms with Gasteiger partial charge in [0.05, 0.1) is 0 Å². The minimum atomic E-state index is 0.108. The summed E-state index contributed by atoms with van der Waals surface area (Å²) in [6.07, 6.45) is 1.08. The molecule has 18 heavy (non-hydrogen) atoms. The van der Waals surface area contributed by atoms with Crippen LogP contribution in [-0.2, 0) is 0 Å². The Morgan fingerprint density at radius 1 is 1.22 bits per heavy atom. The summed E-state index contributed by atoms with van der Waals surface area (Å²) in [5.74, 6) is 0.108. The van der Waals surface area contributed by atoms with Gasteiger partial charge in [0, 0.05) is 29.3 Å². The first-order chi connectivity index (χ1) is 8.41. The third-order valence-electron chi connectivity index (χ3n) is 2.85. The van der Waals surface area contributed by atoms with Crippen LogP contribution in [0.5, 0.6) is 0 Å². The lowest BCUT2D eigenvalue weighted by molar-refractivity contribution is 0.101. The molecule has 0 aromatic heterocycles. The molecule has 0 saturated carbocycles. The zero-order valence-corrected chi connectivity index (χ0v) is 13.1. The number of carbonyl (C=O) groups is 1. The molecule has 1 rings (SSSR count). The van der Waals surface area contributed by atoms with Crippen LogP contribution < -0.4 is 4.90 Å². The molecule has 4 heteroatoms. The van der Waals surface area contributed by atoms with Crippen LogP contribution in [-0.4, -0.2) is 44.9 Å². The highest BCUT2D eigenvalue weighted by molar-refractivity contribution is 9.10. The molecule has 0 N–H and O–H groups in total. The molecule has 0 saturated heterocycles. The van der Waals surface area contributed by atoms with E-state index in [9.17, 15) is 4.79 Å². The molecule has 1 aromatic rings. The molecule has 0 amide bonds. The summed E-state index contributed by atoms with van der Waals surface area (Å²) in [4.78, 5) is 15.9. The van der Waals surface area contributed by atoms with Gasteiger partial charge in [0.15, 0.2) is 5.78 Å². The van der Waals surface area contributed by atoms with Gasteiger partial charge in [-0.1, -0.05) is 15.9 Å². The van der Waals surface area contributed by atoms with Gasteiger partial charge in [0.25, 0.3) is 0 Å². The maximum atomic E-state index is 11.6. The predicted octanol–water partition coefficient (Wildman–Crippen LogP) is 3.04. The van der Waals surface area contributed by atoms with Gasteiger partial charge in [0.2, 0.25) is 0 Å². The zero-order valence-electron chi connectivity index (χ0n) is 11.5. The fraction of sp³-hybridized carbons (Fsp3) is 0.500. The van der Waals surface area contributed by atoms with E-state index >= 15 is 0 Å². The van der Waals surface area contributed by atoms with Crippen LogP contribution in [0.2, 0.25) is 0 Å².